The van der Waals surface area contributed by atoms with Crippen LogP contribution in [0.15, 0.2) is 35.9 Å². The van der Waals surface area contributed by atoms with Crippen LogP contribution in [0.3, 0.4) is 0 Å². The fraction of sp³-hybridized carbons (Fsp3) is 0.526. The van der Waals surface area contributed by atoms with Gasteiger partial charge < -0.3 is 9.47 Å². The van der Waals surface area contributed by atoms with Crippen molar-refractivity contribution in [2.75, 3.05) is 20.3 Å². The van der Waals surface area contributed by atoms with Gasteiger partial charge in [-0.1, -0.05) is 69.4 Å². The molecule has 0 fully saturated rings. The molecule has 1 aromatic rings. The maximum Gasteiger partial charge on any atom is 0.336 e. The van der Waals surface area contributed by atoms with E-state index in [0.29, 0.717) is 18.8 Å². The third-order valence-corrected chi connectivity index (χ3v) is 3.49. The van der Waals surface area contributed by atoms with Crippen LogP contribution in [-0.4, -0.2) is 26.3 Å². The quantitative estimate of drug-likeness (QED) is 0.340. The summed E-state index contributed by atoms with van der Waals surface area (Å²) in [4.78, 5) is 11.8. The van der Waals surface area contributed by atoms with E-state index < -0.39 is 0 Å². The summed E-state index contributed by atoms with van der Waals surface area (Å²) in [5.41, 5.74) is 1.53. The molecule has 0 heterocycles. The largest absolute Gasteiger partial charge is 0.466 e. The Balaban J connectivity index is 2.34. The van der Waals surface area contributed by atoms with Gasteiger partial charge in [0.2, 0.25) is 0 Å². The molecule has 0 aliphatic rings. The van der Waals surface area contributed by atoms with Crippen LogP contribution in [-0.2, 0) is 14.3 Å². The summed E-state index contributed by atoms with van der Waals surface area (Å²) in [6, 6.07) is 9.74. The highest BCUT2D eigenvalue weighted by Gasteiger charge is 2.09. The van der Waals surface area contributed by atoms with Gasteiger partial charge in [-0.2, -0.15) is 0 Å². The fourth-order valence-corrected chi connectivity index (χ4v) is 2.21. The minimum absolute atomic E-state index is 0.302. The second-order valence-electron chi connectivity index (χ2n) is 5.39. The maximum atomic E-state index is 11.8. The van der Waals surface area contributed by atoms with E-state index in [1.807, 2.05) is 36.4 Å². The predicted octanol–water partition coefficient (Wildman–Crippen LogP) is 4.62. The summed E-state index contributed by atoms with van der Waals surface area (Å²) in [5, 5.41) is 0. The molecule has 0 bridgehead atoms. The summed E-state index contributed by atoms with van der Waals surface area (Å²) in [5.74, 6) is -0.327. The van der Waals surface area contributed by atoms with Gasteiger partial charge in [-0.15, -0.1) is 0 Å². The summed E-state index contributed by atoms with van der Waals surface area (Å²) in [7, 11) is 1.40. The van der Waals surface area contributed by atoms with Crippen molar-refractivity contribution < 1.29 is 14.3 Å². The average Bonchev–Trinajstić information content (AvgIpc) is 2.56. The Morgan fingerprint density at radius 3 is 2.41 bits per heavy atom. The van der Waals surface area contributed by atoms with Gasteiger partial charge in [0.1, 0.15) is 0 Å². The number of esters is 1. The first-order valence-electron chi connectivity index (χ1n) is 8.19. The van der Waals surface area contributed by atoms with Crippen LogP contribution in [0.25, 0.3) is 6.08 Å². The number of unbranched alkanes of at least 4 members (excludes halogenated alkanes) is 5. The van der Waals surface area contributed by atoms with Crippen LogP contribution in [0.2, 0.25) is 0 Å². The van der Waals surface area contributed by atoms with Gasteiger partial charge in [0.15, 0.2) is 0 Å². The molecule has 0 aromatic heterocycles. The van der Waals surface area contributed by atoms with Gasteiger partial charge >= 0.3 is 5.97 Å². The Hall–Kier alpha value is -1.61. The summed E-state index contributed by atoms with van der Waals surface area (Å²) in [6.45, 7) is 3.21. The van der Waals surface area contributed by atoms with Crippen LogP contribution in [0, 0.1) is 0 Å². The highest BCUT2D eigenvalue weighted by molar-refractivity contribution is 5.93. The van der Waals surface area contributed by atoms with Crippen LogP contribution >= 0.6 is 0 Å². The van der Waals surface area contributed by atoms with E-state index in [2.05, 4.69) is 6.92 Å². The Labute approximate surface area is 134 Å². The van der Waals surface area contributed by atoms with Crippen molar-refractivity contribution in [3.63, 3.8) is 0 Å². The lowest BCUT2D eigenvalue weighted by Gasteiger charge is -2.07. The van der Waals surface area contributed by atoms with Crippen LogP contribution < -0.4 is 0 Å². The molecular weight excluding hydrogens is 276 g/mol. The van der Waals surface area contributed by atoms with Crippen molar-refractivity contribution in [1.82, 2.24) is 0 Å². The van der Waals surface area contributed by atoms with Gasteiger partial charge in [-0.3, -0.25) is 0 Å². The van der Waals surface area contributed by atoms with Gasteiger partial charge in [0.05, 0.1) is 19.3 Å². The number of hydrogen-bond acceptors (Lipinski definition) is 3. The number of ether oxygens (including phenoxy) is 2. The first kappa shape index (κ1) is 18.4. The Kier molecular flexibility index (Phi) is 10.0. The molecule has 0 unspecified atom stereocenters. The normalized spacial score (nSPS) is 11.5. The summed E-state index contributed by atoms with van der Waals surface area (Å²) < 4.78 is 10.4. The topological polar surface area (TPSA) is 35.5 Å². The minimum Gasteiger partial charge on any atom is -0.466 e. The van der Waals surface area contributed by atoms with Crippen molar-refractivity contribution in [1.29, 1.82) is 0 Å². The third-order valence-electron chi connectivity index (χ3n) is 3.49. The third kappa shape index (κ3) is 7.99. The lowest BCUT2D eigenvalue weighted by Crippen LogP contribution is -2.11. The zero-order valence-electron chi connectivity index (χ0n) is 13.8. The molecule has 3 heteroatoms. The van der Waals surface area contributed by atoms with Gasteiger partial charge in [-0.25, -0.2) is 4.79 Å². The molecule has 0 saturated carbocycles. The van der Waals surface area contributed by atoms with E-state index in [9.17, 15) is 4.79 Å². The second-order valence-corrected chi connectivity index (χ2v) is 5.39. The number of rotatable bonds is 11. The van der Waals surface area contributed by atoms with E-state index in [4.69, 9.17) is 9.47 Å². The lowest BCUT2D eigenvalue weighted by atomic mass is 10.1. The first-order chi connectivity index (χ1) is 10.8. The first-order valence-corrected chi connectivity index (χ1v) is 8.19. The lowest BCUT2D eigenvalue weighted by molar-refractivity contribution is -0.136. The van der Waals surface area contributed by atoms with E-state index >= 15 is 0 Å². The molecule has 0 radical (unpaired) electrons. The van der Waals surface area contributed by atoms with Gasteiger partial charge in [0, 0.05) is 6.61 Å². The molecule has 0 spiro atoms. The molecule has 3 nitrogen and oxygen atoms in total. The molecule has 122 valence electrons. The maximum absolute atomic E-state index is 11.8. The summed E-state index contributed by atoms with van der Waals surface area (Å²) >= 11 is 0. The number of methoxy groups -OCH3 is 1. The number of hydrogen-bond donors (Lipinski definition) is 0. The molecule has 0 aliphatic carbocycles. The van der Waals surface area contributed by atoms with E-state index in [-0.39, 0.29) is 5.97 Å². The van der Waals surface area contributed by atoms with E-state index in [1.165, 1.54) is 39.2 Å². The Morgan fingerprint density at radius 1 is 1.05 bits per heavy atom. The molecule has 1 rings (SSSR count). The average molecular weight is 304 g/mol. The zero-order chi connectivity index (χ0) is 16.0. The van der Waals surface area contributed by atoms with Gasteiger partial charge in [-0.05, 0) is 18.1 Å². The fourth-order valence-electron chi connectivity index (χ4n) is 2.21. The highest BCUT2D eigenvalue weighted by Crippen LogP contribution is 2.10. The number of benzene rings is 1. The van der Waals surface area contributed by atoms with E-state index in [1.54, 1.807) is 0 Å². The highest BCUT2D eigenvalue weighted by atomic mass is 16.5. The number of carbonyl (C=O) groups excluding carboxylic acids is 1. The van der Waals surface area contributed by atoms with Crippen LogP contribution in [0.4, 0.5) is 0 Å². The molecule has 0 aliphatic heterocycles. The standard InChI is InChI=1S/C19H28O3/c1-3-4-5-6-7-11-14-22-16-18(19(20)21-2)15-17-12-9-8-10-13-17/h8-10,12-13,15H,3-7,11,14,16H2,1-2H3/b18-15+. The molecule has 22 heavy (non-hydrogen) atoms. The SMILES string of the molecule is CCCCCCCCOC/C(=C\c1ccccc1)C(=O)OC. The van der Waals surface area contributed by atoms with Crippen molar-refractivity contribution in [2.45, 2.75) is 45.4 Å². The Morgan fingerprint density at radius 2 is 1.73 bits per heavy atom. The molecular formula is C19H28O3. The Bertz CT molecular complexity index is 437. The molecule has 1 aromatic carbocycles. The summed E-state index contributed by atoms with van der Waals surface area (Å²) in [6.07, 6.45) is 9.21. The molecule has 0 atom stereocenters. The zero-order valence-corrected chi connectivity index (χ0v) is 13.8. The van der Waals surface area contributed by atoms with Crippen molar-refractivity contribution in [2.24, 2.45) is 0 Å². The monoisotopic (exact) mass is 304 g/mol. The van der Waals surface area contributed by atoms with Crippen molar-refractivity contribution in [3.05, 3.63) is 41.5 Å². The minimum atomic E-state index is -0.327. The number of carbonyl (C=O) groups is 1. The van der Waals surface area contributed by atoms with E-state index in [0.717, 1.165) is 12.0 Å². The van der Waals surface area contributed by atoms with Crippen LogP contribution in [0.1, 0.15) is 51.0 Å². The molecule has 0 N–H and O–H groups in total. The van der Waals surface area contributed by atoms with Crippen LogP contribution in [0.5, 0.6) is 0 Å². The molecule has 0 saturated heterocycles. The van der Waals surface area contributed by atoms with Gasteiger partial charge in [0.25, 0.3) is 0 Å². The second kappa shape index (κ2) is 12.0. The smallest absolute Gasteiger partial charge is 0.336 e. The van der Waals surface area contributed by atoms with Crippen molar-refractivity contribution >= 4 is 12.0 Å². The molecule has 0 amide bonds. The van der Waals surface area contributed by atoms with Crippen molar-refractivity contribution in [3.8, 4) is 0 Å². The predicted molar refractivity (Wildman–Crippen MR) is 90.6 cm³/mol.